The van der Waals surface area contributed by atoms with Crippen LogP contribution in [-0.2, 0) is 0 Å². The second-order valence-corrected chi connectivity index (χ2v) is 7.92. The minimum absolute atomic E-state index is 0.125. The van der Waals surface area contributed by atoms with Crippen LogP contribution in [0.3, 0.4) is 0 Å². The molecular formula is C18H14ClI2NO. The van der Waals surface area contributed by atoms with Crippen molar-refractivity contribution < 1.29 is 4.74 Å². The molecule has 0 fully saturated rings. The van der Waals surface area contributed by atoms with Crippen LogP contribution in [0.15, 0.2) is 36.4 Å². The summed E-state index contributed by atoms with van der Waals surface area (Å²) in [5, 5.41) is 10.1. The Balaban J connectivity index is 2.43. The molecule has 0 aromatic heterocycles. The monoisotopic (exact) mass is 549 g/mol. The van der Waals surface area contributed by atoms with E-state index < -0.39 is 0 Å². The molecule has 0 amide bonds. The van der Waals surface area contributed by atoms with Crippen molar-refractivity contribution in [3.05, 3.63) is 59.7 Å². The SMILES string of the molecule is CC(C)Oc1c(I)cc(/C=C(/C#N)c2cccc(Cl)c2)cc1I. The Kier molecular flexibility index (Phi) is 6.74. The average molecular weight is 550 g/mol. The Morgan fingerprint density at radius 3 is 2.39 bits per heavy atom. The van der Waals surface area contributed by atoms with Gasteiger partial charge >= 0.3 is 0 Å². The van der Waals surface area contributed by atoms with Gasteiger partial charge in [-0.1, -0.05) is 23.7 Å². The quantitative estimate of drug-likeness (QED) is 0.251. The highest BCUT2D eigenvalue weighted by Crippen LogP contribution is 2.31. The number of hydrogen-bond donors (Lipinski definition) is 0. The van der Waals surface area contributed by atoms with Gasteiger partial charge in [-0.3, -0.25) is 0 Å². The number of nitriles is 1. The highest BCUT2D eigenvalue weighted by atomic mass is 127. The summed E-state index contributed by atoms with van der Waals surface area (Å²) in [7, 11) is 0. The molecule has 0 spiro atoms. The maximum Gasteiger partial charge on any atom is 0.146 e. The fourth-order valence-corrected chi connectivity index (χ4v) is 4.27. The first-order valence-corrected chi connectivity index (χ1v) is 9.47. The molecule has 5 heteroatoms. The topological polar surface area (TPSA) is 33.0 Å². The van der Waals surface area contributed by atoms with E-state index in [0.29, 0.717) is 10.6 Å². The van der Waals surface area contributed by atoms with Crippen LogP contribution in [-0.4, -0.2) is 6.10 Å². The molecule has 0 N–H and O–H groups in total. The smallest absolute Gasteiger partial charge is 0.146 e. The molecule has 2 nitrogen and oxygen atoms in total. The van der Waals surface area contributed by atoms with Crippen LogP contribution in [0.5, 0.6) is 5.75 Å². The minimum atomic E-state index is 0.125. The van der Waals surface area contributed by atoms with E-state index >= 15 is 0 Å². The maximum absolute atomic E-state index is 9.45. The lowest BCUT2D eigenvalue weighted by atomic mass is 10.0. The van der Waals surface area contributed by atoms with Crippen LogP contribution in [0.4, 0.5) is 0 Å². The fraction of sp³-hybridized carbons (Fsp3) is 0.167. The number of ether oxygens (including phenoxy) is 1. The molecule has 0 unspecified atom stereocenters. The molecule has 2 aromatic rings. The Morgan fingerprint density at radius 1 is 1.22 bits per heavy atom. The molecule has 0 heterocycles. The molecule has 0 atom stereocenters. The summed E-state index contributed by atoms with van der Waals surface area (Å²) in [5.41, 5.74) is 2.36. The maximum atomic E-state index is 9.45. The molecular weight excluding hydrogens is 535 g/mol. The van der Waals surface area contributed by atoms with Crippen LogP contribution in [0.1, 0.15) is 25.0 Å². The van der Waals surface area contributed by atoms with Gasteiger partial charge in [-0.05, 0) is 100 Å². The standard InChI is InChI=1S/C18H14ClI2NO/c1-11(2)23-18-16(20)7-12(8-17(18)21)6-14(10-22)13-4-3-5-15(19)9-13/h3-9,11H,1-2H3/b14-6-. The number of halogens is 3. The molecule has 0 aliphatic heterocycles. The Morgan fingerprint density at radius 2 is 1.87 bits per heavy atom. The first-order valence-electron chi connectivity index (χ1n) is 6.94. The number of allylic oxidation sites excluding steroid dienone is 1. The van der Waals surface area contributed by atoms with E-state index in [9.17, 15) is 5.26 Å². The van der Waals surface area contributed by atoms with Crippen LogP contribution in [0.25, 0.3) is 11.6 Å². The predicted octanol–water partition coefficient (Wildman–Crippen LogP) is 6.40. The first kappa shape index (κ1) is 18.6. The van der Waals surface area contributed by atoms with E-state index in [2.05, 4.69) is 51.3 Å². The summed E-state index contributed by atoms with van der Waals surface area (Å²) in [4.78, 5) is 0. The van der Waals surface area contributed by atoms with Crippen LogP contribution in [0, 0.1) is 18.5 Å². The number of rotatable bonds is 4. The van der Waals surface area contributed by atoms with Crippen LogP contribution < -0.4 is 4.74 Å². The zero-order valence-electron chi connectivity index (χ0n) is 12.6. The lowest BCUT2D eigenvalue weighted by molar-refractivity contribution is 0.239. The van der Waals surface area contributed by atoms with Gasteiger partial charge in [-0.15, -0.1) is 0 Å². The van der Waals surface area contributed by atoms with Gasteiger partial charge in [-0.25, -0.2) is 0 Å². The first-order chi connectivity index (χ1) is 10.9. The normalized spacial score (nSPS) is 11.4. The molecule has 118 valence electrons. The summed E-state index contributed by atoms with van der Waals surface area (Å²) >= 11 is 10.5. The van der Waals surface area contributed by atoms with Crippen molar-refractivity contribution in [2.45, 2.75) is 20.0 Å². The van der Waals surface area contributed by atoms with Gasteiger partial charge in [0.1, 0.15) is 5.75 Å². The van der Waals surface area contributed by atoms with E-state index in [1.165, 1.54) is 0 Å². The van der Waals surface area contributed by atoms with Gasteiger partial charge in [-0.2, -0.15) is 5.26 Å². The molecule has 0 bridgehead atoms. The van der Waals surface area contributed by atoms with E-state index in [1.54, 1.807) is 12.1 Å². The van der Waals surface area contributed by atoms with Crippen molar-refractivity contribution in [3.8, 4) is 11.8 Å². The van der Waals surface area contributed by atoms with Crippen molar-refractivity contribution in [1.29, 1.82) is 5.26 Å². The van der Waals surface area contributed by atoms with E-state index in [0.717, 1.165) is 24.0 Å². The zero-order chi connectivity index (χ0) is 17.0. The number of hydrogen-bond acceptors (Lipinski definition) is 2. The largest absolute Gasteiger partial charge is 0.489 e. The van der Waals surface area contributed by atoms with Crippen molar-refractivity contribution in [3.63, 3.8) is 0 Å². The van der Waals surface area contributed by atoms with Gasteiger partial charge < -0.3 is 4.74 Å². The third kappa shape index (κ3) is 5.10. The molecule has 0 saturated heterocycles. The number of nitrogens with zero attached hydrogens (tertiary/aromatic N) is 1. The Bertz CT molecular complexity index is 771. The van der Waals surface area contributed by atoms with Crippen molar-refractivity contribution in [1.82, 2.24) is 0 Å². The second-order valence-electron chi connectivity index (χ2n) is 5.16. The summed E-state index contributed by atoms with van der Waals surface area (Å²) < 4.78 is 7.90. The lowest BCUT2D eigenvalue weighted by Gasteiger charge is -2.14. The third-order valence-corrected chi connectivity index (χ3v) is 4.78. The second kappa shape index (κ2) is 8.36. The van der Waals surface area contributed by atoms with Crippen LogP contribution in [0.2, 0.25) is 5.02 Å². The van der Waals surface area contributed by atoms with Gasteiger partial charge in [0.2, 0.25) is 0 Å². The molecule has 0 saturated carbocycles. The Hall–Kier alpha value is -0.780. The molecule has 2 aromatic carbocycles. The summed E-state index contributed by atoms with van der Waals surface area (Å²) in [6.45, 7) is 4.01. The van der Waals surface area contributed by atoms with E-state index in [4.69, 9.17) is 16.3 Å². The highest BCUT2D eigenvalue weighted by molar-refractivity contribution is 14.1. The van der Waals surface area contributed by atoms with Crippen molar-refractivity contribution in [2.24, 2.45) is 0 Å². The van der Waals surface area contributed by atoms with Gasteiger partial charge in [0, 0.05) is 5.02 Å². The van der Waals surface area contributed by atoms with E-state index in [1.807, 2.05) is 44.2 Å². The van der Waals surface area contributed by atoms with Gasteiger partial charge in [0.25, 0.3) is 0 Å². The average Bonchev–Trinajstić information content (AvgIpc) is 2.48. The predicted molar refractivity (Wildman–Crippen MR) is 113 cm³/mol. The van der Waals surface area contributed by atoms with Gasteiger partial charge in [0.05, 0.1) is 24.9 Å². The summed E-state index contributed by atoms with van der Waals surface area (Å²) in [5.74, 6) is 0.889. The van der Waals surface area contributed by atoms with Crippen molar-refractivity contribution >= 4 is 68.4 Å². The molecule has 2 rings (SSSR count). The summed E-state index contributed by atoms with van der Waals surface area (Å²) in [6, 6.07) is 13.6. The van der Waals surface area contributed by atoms with E-state index in [-0.39, 0.29) is 6.10 Å². The third-order valence-electron chi connectivity index (χ3n) is 2.94. The summed E-state index contributed by atoms with van der Waals surface area (Å²) in [6.07, 6.45) is 1.99. The molecule has 23 heavy (non-hydrogen) atoms. The van der Waals surface area contributed by atoms with Crippen LogP contribution >= 0.6 is 56.8 Å². The highest BCUT2D eigenvalue weighted by Gasteiger charge is 2.11. The molecule has 0 radical (unpaired) electrons. The van der Waals surface area contributed by atoms with Crippen molar-refractivity contribution in [2.75, 3.05) is 0 Å². The fourth-order valence-electron chi connectivity index (χ4n) is 2.01. The zero-order valence-corrected chi connectivity index (χ0v) is 17.7. The minimum Gasteiger partial charge on any atom is -0.489 e. The number of benzene rings is 2. The molecule has 0 aliphatic rings. The Labute approximate surface area is 168 Å². The van der Waals surface area contributed by atoms with Gasteiger partial charge in [0.15, 0.2) is 0 Å². The molecule has 0 aliphatic carbocycles. The lowest BCUT2D eigenvalue weighted by Crippen LogP contribution is -2.08.